The Bertz CT molecular complexity index is 1010. The number of rotatable bonds is 4. The lowest BCUT2D eigenvalue weighted by Crippen LogP contribution is -2.37. The molecule has 0 radical (unpaired) electrons. The van der Waals surface area contributed by atoms with E-state index >= 15 is 0 Å². The predicted octanol–water partition coefficient (Wildman–Crippen LogP) is 2.84. The van der Waals surface area contributed by atoms with Gasteiger partial charge < -0.3 is 15.0 Å². The number of hydrogen-bond acceptors (Lipinski definition) is 5. The third kappa shape index (κ3) is 3.80. The van der Waals surface area contributed by atoms with Gasteiger partial charge in [-0.3, -0.25) is 9.78 Å². The smallest absolute Gasteiger partial charge is 0.252 e. The topological polar surface area (TPSA) is 67.4 Å². The minimum Gasteiger partial charge on any atom is -0.378 e. The molecule has 0 spiro atoms. The molecule has 0 saturated carbocycles. The Morgan fingerprint density at radius 1 is 1.25 bits per heavy atom. The number of nitrogens with zero attached hydrogens (tertiary/aromatic N) is 3. The summed E-state index contributed by atoms with van der Waals surface area (Å²) in [7, 11) is 0. The van der Waals surface area contributed by atoms with Crippen molar-refractivity contribution in [1.82, 2.24) is 15.3 Å². The van der Waals surface area contributed by atoms with E-state index in [1.165, 1.54) is 12.1 Å². The number of carbonyl (C=O) groups is 1. The highest BCUT2D eigenvalue weighted by molar-refractivity contribution is 6.06. The van der Waals surface area contributed by atoms with Gasteiger partial charge in [0.05, 0.1) is 24.3 Å². The third-order valence-corrected chi connectivity index (χ3v) is 4.76. The maximum absolute atomic E-state index is 13.5. The van der Waals surface area contributed by atoms with E-state index in [0.29, 0.717) is 41.9 Å². The van der Waals surface area contributed by atoms with Crippen molar-refractivity contribution in [2.75, 3.05) is 31.2 Å². The first-order valence-electron chi connectivity index (χ1n) is 9.23. The molecular formula is C21H21FN4O2. The fraction of sp³-hybridized carbons (Fsp3) is 0.286. The molecule has 4 rings (SSSR count). The summed E-state index contributed by atoms with van der Waals surface area (Å²) in [4.78, 5) is 23.9. The number of fused-ring (bicyclic) bond motifs is 1. The van der Waals surface area contributed by atoms with Gasteiger partial charge in [-0.15, -0.1) is 0 Å². The van der Waals surface area contributed by atoms with Gasteiger partial charge in [0.1, 0.15) is 11.6 Å². The second-order valence-electron chi connectivity index (χ2n) is 6.74. The second-order valence-corrected chi connectivity index (χ2v) is 6.74. The number of aromatic nitrogens is 2. The Balaban J connectivity index is 1.57. The average molecular weight is 380 g/mol. The van der Waals surface area contributed by atoms with Crippen LogP contribution in [0.1, 0.15) is 21.6 Å². The SMILES string of the molecule is Cc1cc(C(=O)NCc2cccnc2N2CCOCC2)c2ccc(F)cc2n1. The molecule has 6 nitrogen and oxygen atoms in total. The van der Waals surface area contributed by atoms with Crippen molar-refractivity contribution in [2.24, 2.45) is 0 Å². The van der Waals surface area contributed by atoms with Crippen LogP contribution < -0.4 is 10.2 Å². The summed E-state index contributed by atoms with van der Waals surface area (Å²) in [5.74, 6) is 0.269. The molecule has 0 atom stereocenters. The van der Waals surface area contributed by atoms with Crippen molar-refractivity contribution >= 4 is 22.6 Å². The quantitative estimate of drug-likeness (QED) is 0.754. The lowest BCUT2D eigenvalue weighted by atomic mass is 10.1. The summed E-state index contributed by atoms with van der Waals surface area (Å²) in [6, 6.07) is 9.82. The molecule has 144 valence electrons. The maximum Gasteiger partial charge on any atom is 0.252 e. The summed E-state index contributed by atoms with van der Waals surface area (Å²) in [5, 5.41) is 3.60. The van der Waals surface area contributed by atoms with Gasteiger partial charge in [-0.05, 0) is 31.2 Å². The second kappa shape index (κ2) is 7.90. The molecule has 28 heavy (non-hydrogen) atoms. The molecule has 1 N–H and O–H groups in total. The van der Waals surface area contributed by atoms with Crippen molar-refractivity contribution in [1.29, 1.82) is 0 Å². The first-order valence-corrected chi connectivity index (χ1v) is 9.23. The Kier molecular flexibility index (Phi) is 5.16. The van der Waals surface area contributed by atoms with Gasteiger partial charge >= 0.3 is 0 Å². The Morgan fingerprint density at radius 2 is 2.07 bits per heavy atom. The highest BCUT2D eigenvalue weighted by Crippen LogP contribution is 2.21. The molecule has 1 amide bonds. The van der Waals surface area contributed by atoms with E-state index in [1.807, 2.05) is 12.1 Å². The van der Waals surface area contributed by atoms with Gasteiger partial charge in [-0.1, -0.05) is 6.07 Å². The van der Waals surface area contributed by atoms with Crippen LogP contribution in [0, 0.1) is 12.7 Å². The van der Waals surface area contributed by atoms with Crippen LogP contribution in [0.3, 0.4) is 0 Å². The Labute approximate surface area is 162 Å². The third-order valence-electron chi connectivity index (χ3n) is 4.76. The van der Waals surface area contributed by atoms with Crippen LogP contribution in [0.2, 0.25) is 0 Å². The number of nitrogens with one attached hydrogen (secondary N) is 1. The number of amides is 1. The minimum atomic E-state index is -0.373. The highest BCUT2D eigenvalue weighted by atomic mass is 19.1. The van der Waals surface area contributed by atoms with Crippen molar-refractivity contribution < 1.29 is 13.9 Å². The maximum atomic E-state index is 13.5. The Hall–Kier alpha value is -3.06. The van der Waals surface area contributed by atoms with E-state index in [4.69, 9.17) is 4.74 Å². The lowest BCUT2D eigenvalue weighted by Gasteiger charge is -2.29. The van der Waals surface area contributed by atoms with Gasteiger partial charge in [-0.25, -0.2) is 9.37 Å². The standard InChI is InChI=1S/C21H21FN4O2/c1-14-11-18(17-5-4-16(22)12-19(17)25-14)21(27)24-13-15-3-2-6-23-20(15)26-7-9-28-10-8-26/h2-6,11-12H,7-10,13H2,1H3,(H,24,27). The summed E-state index contributed by atoms with van der Waals surface area (Å²) in [6.45, 7) is 5.03. The van der Waals surface area contributed by atoms with Crippen molar-refractivity contribution in [3.63, 3.8) is 0 Å². The predicted molar refractivity (Wildman–Crippen MR) is 105 cm³/mol. The molecular weight excluding hydrogens is 359 g/mol. The molecule has 1 saturated heterocycles. The lowest BCUT2D eigenvalue weighted by molar-refractivity contribution is 0.0952. The van der Waals surface area contributed by atoms with Crippen molar-refractivity contribution in [3.8, 4) is 0 Å². The zero-order valence-corrected chi connectivity index (χ0v) is 15.6. The fourth-order valence-corrected chi connectivity index (χ4v) is 3.42. The van der Waals surface area contributed by atoms with Gasteiger partial charge in [0.25, 0.3) is 5.91 Å². The number of hydrogen-bond donors (Lipinski definition) is 1. The molecule has 1 aromatic carbocycles. The first kappa shape index (κ1) is 18.3. The van der Waals surface area contributed by atoms with E-state index in [0.717, 1.165) is 24.5 Å². The number of halogens is 1. The summed E-state index contributed by atoms with van der Waals surface area (Å²) in [5.41, 5.74) is 2.57. The largest absolute Gasteiger partial charge is 0.378 e. The zero-order valence-electron chi connectivity index (χ0n) is 15.6. The highest BCUT2D eigenvalue weighted by Gasteiger charge is 2.17. The number of anilines is 1. The molecule has 0 bridgehead atoms. The number of aryl methyl sites for hydroxylation is 1. The van der Waals surface area contributed by atoms with Gasteiger partial charge in [0.15, 0.2) is 0 Å². The number of carbonyl (C=O) groups excluding carboxylic acids is 1. The van der Waals surface area contributed by atoms with Crippen LogP contribution in [0.5, 0.6) is 0 Å². The molecule has 3 aromatic rings. The van der Waals surface area contributed by atoms with E-state index in [1.54, 1.807) is 25.3 Å². The van der Waals surface area contributed by atoms with E-state index in [2.05, 4.69) is 20.2 Å². The molecule has 0 aliphatic carbocycles. The van der Waals surface area contributed by atoms with E-state index < -0.39 is 0 Å². The van der Waals surface area contributed by atoms with Crippen LogP contribution >= 0.6 is 0 Å². The average Bonchev–Trinajstić information content (AvgIpc) is 2.72. The normalized spacial score (nSPS) is 14.3. The molecule has 0 unspecified atom stereocenters. The van der Waals surface area contributed by atoms with Crippen LogP contribution in [0.15, 0.2) is 42.6 Å². The van der Waals surface area contributed by atoms with Crippen LogP contribution in [0.4, 0.5) is 10.2 Å². The fourth-order valence-electron chi connectivity index (χ4n) is 3.42. The molecule has 3 heterocycles. The van der Waals surface area contributed by atoms with Gasteiger partial charge in [-0.2, -0.15) is 0 Å². The number of ether oxygens (including phenoxy) is 1. The van der Waals surface area contributed by atoms with E-state index in [-0.39, 0.29) is 11.7 Å². The number of pyridine rings is 2. The van der Waals surface area contributed by atoms with Crippen LogP contribution in [-0.4, -0.2) is 42.2 Å². The molecule has 2 aromatic heterocycles. The molecule has 1 aliphatic heterocycles. The van der Waals surface area contributed by atoms with E-state index in [9.17, 15) is 9.18 Å². The summed E-state index contributed by atoms with van der Waals surface area (Å²) < 4.78 is 18.9. The first-order chi connectivity index (χ1) is 13.6. The minimum absolute atomic E-state index is 0.223. The summed E-state index contributed by atoms with van der Waals surface area (Å²) in [6.07, 6.45) is 1.75. The Morgan fingerprint density at radius 3 is 2.89 bits per heavy atom. The zero-order chi connectivity index (χ0) is 19.5. The van der Waals surface area contributed by atoms with Gasteiger partial charge in [0, 0.05) is 48.5 Å². The van der Waals surface area contributed by atoms with Crippen LogP contribution in [-0.2, 0) is 11.3 Å². The molecule has 7 heteroatoms. The molecule has 1 fully saturated rings. The van der Waals surface area contributed by atoms with Gasteiger partial charge in [0.2, 0.25) is 0 Å². The van der Waals surface area contributed by atoms with Crippen molar-refractivity contribution in [2.45, 2.75) is 13.5 Å². The molecule has 1 aliphatic rings. The number of morpholine rings is 1. The summed E-state index contributed by atoms with van der Waals surface area (Å²) >= 11 is 0. The number of benzene rings is 1. The monoisotopic (exact) mass is 380 g/mol. The van der Waals surface area contributed by atoms with Crippen molar-refractivity contribution in [3.05, 3.63) is 65.2 Å². The van der Waals surface area contributed by atoms with Crippen LogP contribution in [0.25, 0.3) is 10.9 Å².